The second-order valence-corrected chi connectivity index (χ2v) is 4.01. The van der Waals surface area contributed by atoms with Gasteiger partial charge in [0.25, 0.3) is 5.69 Å². The fraction of sp³-hybridized carbons (Fsp3) is 0.214. The van der Waals surface area contributed by atoms with Crippen LogP contribution in [0.3, 0.4) is 0 Å². The summed E-state index contributed by atoms with van der Waals surface area (Å²) in [5.74, 6) is 1.16. The molecule has 2 rings (SSSR count). The molecule has 110 valence electrons. The average Bonchev–Trinajstić information content (AvgIpc) is 2.53. The minimum Gasteiger partial charge on any atom is -0.493 e. The Morgan fingerprint density at radius 3 is 2.33 bits per heavy atom. The number of ether oxygens (including phenoxy) is 3. The molecule has 0 saturated heterocycles. The number of benzene rings is 1. The lowest BCUT2D eigenvalue weighted by Gasteiger charge is -2.15. The summed E-state index contributed by atoms with van der Waals surface area (Å²) < 4.78 is 15.8. The van der Waals surface area contributed by atoms with Crippen molar-refractivity contribution in [3.8, 4) is 28.5 Å². The van der Waals surface area contributed by atoms with Crippen LogP contribution in [0.2, 0.25) is 0 Å². The molecule has 7 nitrogen and oxygen atoms in total. The maximum absolute atomic E-state index is 11.1. The Kier molecular flexibility index (Phi) is 4.22. The van der Waals surface area contributed by atoms with Crippen molar-refractivity contribution in [3.05, 3.63) is 40.6 Å². The molecule has 0 atom stereocenters. The van der Waals surface area contributed by atoms with Crippen molar-refractivity contribution in [2.75, 3.05) is 21.3 Å². The summed E-state index contributed by atoms with van der Waals surface area (Å²) >= 11 is 0. The maximum Gasteiger partial charge on any atom is 0.295 e. The summed E-state index contributed by atoms with van der Waals surface area (Å²) in [7, 11) is 4.42. The van der Waals surface area contributed by atoms with E-state index in [1.807, 2.05) is 0 Å². The molecule has 7 heteroatoms. The predicted molar refractivity (Wildman–Crippen MR) is 76.0 cm³/mol. The molecule has 1 aromatic carbocycles. The van der Waals surface area contributed by atoms with E-state index < -0.39 is 4.92 Å². The van der Waals surface area contributed by atoms with Crippen molar-refractivity contribution < 1.29 is 19.1 Å². The monoisotopic (exact) mass is 290 g/mol. The van der Waals surface area contributed by atoms with Gasteiger partial charge in [0.05, 0.1) is 31.8 Å². The van der Waals surface area contributed by atoms with Crippen molar-refractivity contribution in [3.63, 3.8) is 0 Å². The van der Waals surface area contributed by atoms with E-state index in [0.29, 0.717) is 22.8 Å². The van der Waals surface area contributed by atoms with Gasteiger partial charge in [-0.3, -0.25) is 10.1 Å². The third-order valence-electron chi connectivity index (χ3n) is 2.94. The van der Waals surface area contributed by atoms with Gasteiger partial charge in [-0.2, -0.15) is 0 Å². The minimum atomic E-state index is -0.488. The molecular weight excluding hydrogens is 276 g/mol. The molecule has 0 aliphatic carbocycles. The van der Waals surface area contributed by atoms with E-state index in [9.17, 15) is 10.1 Å². The molecule has 0 aliphatic heterocycles. The first-order valence-electron chi connectivity index (χ1n) is 6.02. The molecule has 21 heavy (non-hydrogen) atoms. The first kappa shape index (κ1) is 14.6. The zero-order valence-corrected chi connectivity index (χ0v) is 11.8. The molecule has 0 bridgehead atoms. The molecule has 2 aromatic rings. The molecule has 0 unspecified atom stereocenters. The molecule has 0 N–H and O–H groups in total. The molecule has 0 spiro atoms. The molecule has 0 saturated carbocycles. The van der Waals surface area contributed by atoms with E-state index in [0.717, 1.165) is 0 Å². The van der Waals surface area contributed by atoms with E-state index in [1.165, 1.54) is 39.7 Å². The van der Waals surface area contributed by atoms with Crippen LogP contribution in [0.1, 0.15) is 0 Å². The van der Waals surface area contributed by atoms with Gasteiger partial charge in [-0.05, 0) is 18.2 Å². The van der Waals surface area contributed by atoms with E-state index >= 15 is 0 Å². The van der Waals surface area contributed by atoms with E-state index in [4.69, 9.17) is 14.2 Å². The van der Waals surface area contributed by atoms with Crippen molar-refractivity contribution in [1.29, 1.82) is 0 Å². The first-order valence-corrected chi connectivity index (χ1v) is 6.02. The first-order chi connectivity index (χ1) is 10.1. The number of rotatable bonds is 5. The second-order valence-electron chi connectivity index (χ2n) is 4.01. The zero-order chi connectivity index (χ0) is 15.4. The Bertz CT molecular complexity index is 672. The number of methoxy groups -OCH3 is 3. The zero-order valence-electron chi connectivity index (χ0n) is 11.8. The summed E-state index contributed by atoms with van der Waals surface area (Å²) in [5.41, 5.74) is 0.561. The summed E-state index contributed by atoms with van der Waals surface area (Å²) in [4.78, 5) is 14.7. The number of hydrogen-bond donors (Lipinski definition) is 0. The normalized spacial score (nSPS) is 10.0. The Balaban J connectivity index is 2.73. The van der Waals surface area contributed by atoms with Crippen molar-refractivity contribution >= 4 is 5.69 Å². The number of aromatic nitrogens is 1. The predicted octanol–water partition coefficient (Wildman–Crippen LogP) is 2.68. The fourth-order valence-electron chi connectivity index (χ4n) is 2.04. The Hall–Kier alpha value is -2.83. The van der Waals surface area contributed by atoms with Gasteiger partial charge in [0.2, 0.25) is 5.75 Å². The molecule has 0 aliphatic rings. The Morgan fingerprint density at radius 1 is 1.05 bits per heavy atom. The van der Waals surface area contributed by atoms with E-state index in [1.54, 1.807) is 12.1 Å². The number of pyridine rings is 1. The second kappa shape index (κ2) is 6.08. The highest BCUT2D eigenvalue weighted by atomic mass is 16.6. The molecule has 0 radical (unpaired) electrons. The fourth-order valence-corrected chi connectivity index (χ4v) is 2.04. The van der Waals surface area contributed by atoms with Crippen molar-refractivity contribution in [2.45, 2.75) is 0 Å². The van der Waals surface area contributed by atoms with Crippen LogP contribution in [0.15, 0.2) is 30.5 Å². The molecular formula is C14H14N2O5. The van der Waals surface area contributed by atoms with Crippen LogP contribution in [0, 0.1) is 10.1 Å². The van der Waals surface area contributed by atoms with Gasteiger partial charge in [0.1, 0.15) is 0 Å². The standard InChI is InChI=1S/C14H14N2O5/c1-19-11-7-6-9(13(20-2)14(11)21-3)12-10(16(17)18)5-4-8-15-12/h4-8H,1-3H3. The van der Waals surface area contributed by atoms with Crippen LogP contribution in [0.4, 0.5) is 5.69 Å². The highest BCUT2D eigenvalue weighted by Gasteiger charge is 2.23. The summed E-state index contributed by atoms with van der Waals surface area (Å²) in [6.07, 6.45) is 1.48. The van der Waals surface area contributed by atoms with Gasteiger partial charge < -0.3 is 14.2 Å². The van der Waals surface area contributed by atoms with E-state index in [-0.39, 0.29) is 11.4 Å². The van der Waals surface area contributed by atoms with Crippen LogP contribution in [0.25, 0.3) is 11.3 Å². The van der Waals surface area contributed by atoms with Gasteiger partial charge in [-0.15, -0.1) is 0 Å². The SMILES string of the molecule is COc1ccc(-c2ncccc2[N+](=O)[O-])c(OC)c1OC. The average molecular weight is 290 g/mol. The maximum atomic E-state index is 11.1. The number of nitrogens with zero attached hydrogens (tertiary/aromatic N) is 2. The number of nitro groups is 1. The lowest BCUT2D eigenvalue weighted by Crippen LogP contribution is -1.99. The summed E-state index contributed by atoms with van der Waals surface area (Å²) in [5, 5.41) is 11.1. The topological polar surface area (TPSA) is 83.7 Å². The number of hydrogen-bond acceptors (Lipinski definition) is 6. The van der Waals surface area contributed by atoms with Crippen molar-refractivity contribution in [1.82, 2.24) is 4.98 Å². The lowest BCUT2D eigenvalue weighted by atomic mass is 10.1. The van der Waals surface area contributed by atoms with Gasteiger partial charge in [0.15, 0.2) is 17.2 Å². The van der Waals surface area contributed by atoms with Crippen molar-refractivity contribution in [2.24, 2.45) is 0 Å². The van der Waals surface area contributed by atoms with Gasteiger partial charge in [-0.1, -0.05) is 0 Å². The third kappa shape index (κ3) is 2.58. The lowest BCUT2D eigenvalue weighted by molar-refractivity contribution is -0.384. The van der Waals surface area contributed by atoms with Crippen LogP contribution < -0.4 is 14.2 Å². The minimum absolute atomic E-state index is 0.108. The van der Waals surface area contributed by atoms with Gasteiger partial charge in [0, 0.05) is 12.3 Å². The highest BCUT2D eigenvalue weighted by molar-refractivity contribution is 5.79. The van der Waals surface area contributed by atoms with Crippen LogP contribution in [0.5, 0.6) is 17.2 Å². The van der Waals surface area contributed by atoms with Crippen LogP contribution >= 0.6 is 0 Å². The Labute approximate surface area is 121 Å². The smallest absolute Gasteiger partial charge is 0.295 e. The molecule has 1 heterocycles. The quantitative estimate of drug-likeness (QED) is 0.621. The van der Waals surface area contributed by atoms with E-state index in [2.05, 4.69) is 4.98 Å². The van der Waals surface area contributed by atoms with Gasteiger partial charge in [-0.25, -0.2) is 4.98 Å². The molecule has 1 aromatic heterocycles. The largest absolute Gasteiger partial charge is 0.493 e. The van der Waals surface area contributed by atoms with Crippen LogP contribution in [-0.4, -0.2) is 31.2 Å². The summed E-state index contributed by atoms with van der Waals surface area (Å²) in [6.45, 7) is 0. The Morgan fingerprint density at radius 2 is 1.76 bits per heavy atom. The van der Waals surface area contributed by atoms with Gasteiger partial charge >= 0.3 is 0 Å². The highest BCUT2D eigenvalue weighted by Crippen LogP contribution is 2.45. The summed E-state index contributed by atoms with van der Waals surface area (Å²) in [6, 6.07) is 6.19. The molecule has 0 fully saturated rings. The van der Waals surface area contributed by atoms with Crippen LogP contribution in [-0.2, 0) is 0 Å². The third-order valence-corrected chi connectivity index (χ3v) is 2.94. The molecule has 0 amide bonds.